The number of methoxy groups -OCH3 is 1. The van der Waals surface area contributed by atoms with E-state index in [1.807, 2.05) is 0 Å². The first kappa shape index (κ1) is 17.6. The minimum absolute atomic E-state index is 0.165. The third-order valence-electron chi connectivity index (χ3n) is 3.16. The Morgan fingerprint density at radius 2 is 2.00 bits per heavy atom. The van der Waals surface area contributed by atoms with E-state index in [9.17, 15) is 22.4 Å². The van der Waals surface area contributed by atoms with Crippen molar-refractivity contribution in [3.63, 3.8) is 0 Å². The van der Waals surface area contributed by atoms with Crippen LogP contribution in [0.15, 0.2) is 45.1 Å². The second-order valence-corrected chi connectivity index (χ2v) is 6.66. The molecule has 0 fully saturated rings. The van der Waals surface area contributed by atoms with Crippen LogP contribution in [0.1, 0.15) is 5.56 Å². The van der Waals surface area contributed by atoms with Gasteiger partial charge in [0.05, 0.1) is 18.2 Å². The molecule has 0 atom stereocenters. The van der Waals surface area contributed by atoms with Crippen molar-refractivity contribution < 1.29 is 22.3 Å². The SMILES string of the molecule is COC(=O)/N=c1\c(F)cn(S(=O)(=O)c2cccc(C)c2)c(=O)n1C. The molecule has 1 heterocycles. The van der Waals surface area contributed by atoms with Crippen LogP contribution in [-0.4, -0.2) is 30.2 Å². The molecule has 0 aliphatic heterocycles. The van der Waals surface area contributed by atoms with Gasteiger partial charge in [0.25, 0.3) is 10.0 Å². The molecule has 8 nitrogen and oxygen atoms in total. The number of ether oxygens (including phenoxy) is 1. The average molecular weight is 355 g/mol. The Labute approximate surface area is 136 Å². The molecule has 0 N–H and O–H groups in total. The van der Waals surface area contributed by atoms with Gasteiger partial charge in [-0.05, 0) is 24.6 Å². The maximum atomic E-state index is 14.2. The molecule has 0 radical (unpaired) electrons. The average Bonchev–Trinajstić information content (AvgIpc) is 2.54. The first-order chi connectivity index (χ1) is 11.2. The molecule has 0 saturated heterocycles. The maximum Gasteiger partial charge on any atom is 0.435 e. The van der Waals surface area contributed by atoms with Crippen molar-refractivity contribution in [2.75, 3.05) is 7.11 Å². The van der Waals surface area contributed by atoms with Gasteiger partial charge in [-0.2, -0.15) is 8.96 Å². The summed E-state index contributed by atoms with van der Waals surface area (Å²) in [4.78, 5) is 26.5. The summed E-state index contributed by atoms with van der Waals surface area (Å²) in [5, 5.41) is 0. The minimum Gasteiger partial charge on any atom is -0.451 e. The van der Waals surface area contributed by atoms with Crippen LogP contribution in [0.25, 0.3) is 0 Å². The predicted octanol–water partition coefficient (Wildman–Crippen LogP) is 0.538. The van der Waals surface area contributed by atoms with Gasteiger partial charge in [0.2, 0.25) is 0 Å². The summed E-state index contributed by atoms with van der Waals surface area (Å²) in [6.07, 6.45) is -0.648. The third kappa shape index (κ3) is 3.13. The summed E-state index contributed by atoms with van der Waals surface area (Å²) in [5.41, 5.74) is -1.06. The fourth-order valence-electron chi connectivity index (χ4n) is 1.94. The smallest absolute Gasteiger partial charge is 0.435 e. The van der Waals surface area contributed by atoms with Crippen LogP contribution in [0.2, 0.25) is 0 Å². The normalized spacial score (nSPS) is 12.2. The minimum atomic E-state index is -4.30. The lowest BCUT2D eigenvalue weighted by Gasteiger charge is -2.10. The number of halogens is 1. The molecule has 1 amide bonds. The van der Waals surface area contributed by atoms with E-state index in [2.05, 4.69) is 9.73 Å². The third-order valence-corrected chi connectivity index (χ3v) is 4.78. The zero-order valence-electron chi connectivity index (χ0n) is 13.1. The van der Waals surface area contributed by atoms with E-state index >= 15 is 0 Å². The lowest BCUT2D eigenvalue weighted by molar-refractivity contribution is 0.181. The summed E-state index contributed by atoms with van der Waals surface area (Å²) >= 11 is 0. The van der Waals surface area contributed by atoms with E-state index in [4.69, 9.17) is 0 Å². The van der Waals surface area contributed by atoms with Gasteiger partial charge in [0.15, 0.2) is 11.3 Å². The standard InChI is InChI=1S/C14H14FN3O5S/c1-9-5-4-6-10(7-9)24(21,22)18-8-11(15)12(16-13(19)23-3)17(2)14(18)20/h4-8H,1-3H3/b16-12+. The highest BCUT2D eigenvalue weighted by molar-refractivity contribution is 7.90. The first-order valence-electron chi connectivity index (χ1n) is 6.61. The van der Waals surface area contributed by atoms with Crippen molar-refractivity contribution >= 4 is 16.1 Å². The van der Waals surface area contributed by atoms with Crippen LogP contribution < -0.4 is 11.2 Å². The Hall–Kier alpha value is -2.75. The van der Waals surface area contributed by atoms with E-state index in [1.165, 1.54) is 18.2 Å². The Morgan fingerprint density at radius 1 is 1.33 bits per heavy atom. The van der Waals surface area contributed by atoms with Gasteiger partial charge in [-0.1, -0.05) is 12.1 Å². The monoisotopic (exact) mass is 355 g/mol. The Morgan fingerprint density at radius 3 is 2.58 bits per heavy atom. The fraction of sp³-hybridized carbons (Fsp3) is 0.214. The number of rotatable bonds is 2. The molecule has 0 spiro atoms. The summed E-state index contributed by atoms with van der Waals surface area (Å²) in [6, 6.07) is 5.83. The van der Waals surface area contributed by atoms with Gasteiger partial charge in [-0.15, -0.1) is 0 Å². The number of hydrogen-bond acceptors (Lipinski definition) is 5. The van der Waals surface area contributed by atoms with E-state index in [0.29, 0.717) is 16.3 Å². The highest BCUT2D eigenvalue weighted by Gasteiger charge is 2.21. The fourth-order valence-corrected chi connectivity index (χ4v) is 3.31. The van der Waals surface area contributed by atoms with Crippen LogP contribution >= 0.6 is 0 Å². The molecule has 10 heteroatoms. The van der Waals surface area contributed by atoms with Crippen LogP contribution in [0.4, 0.5) is 9.18 Å². The van der Waals surface area contributed by atoms with Crippen molar-refractivity contribution in [2.45, 2.75) is 11.8 Å². The Kier molecular flexibility index (Phi) is 4.69. The van der Waals surface area contributed by atoms with Gasteiger partial charge in [-0.25, -0.2) is 22.4 Å². The van der Waals surface area contributed by atoms with Gasteiger partial charge in [0, 0.05) is 7.05 Å². The summed E-state index contributed by atoms with van der Waals surface area (Å²) in [5.74, 6) is -1.17. The van der Waals surface area contributed by atoms with E-state index in [1.54, 1.807) is 13.0 Å². The highest BCUT2D eigenvalue weighted by atomic mass is 32.2. The number of aryl methyl sites for hydroxylation is 1. The topological polar surface area (TPSA) is 99.7 Å². The van der Waals surface area contributed by atoms with Gasteiger partial charge >= 0.3 is 11.8 Å². The first-order valence-corrected chi connectivity index (χ1v) is 8.05. The van der Waals surface area contributed by atoms with Crippen LogP contribution in [0, 0.1) is 12.7 Å². The summed E-state index contributed by atoms with van der Waals surface area (Å²) in [7, 11) is -2.17. The zero-order valence-corrected chi connectivity index (χ0v) is 13.9. The quantitative estimate of drug-likeness (QED) is 0.783. The second kappa shape index (κ2) is 6.40. The molecule has 0 saturated carbocycles. The molecule has 24 heavy (non-hydrogen) atoms. The molecule has 1 aromatic carbocycles. The zero-order chi connectivity index (χ0) is 18.1. The number of aromatic nitrogens is 2. The van der Waals surface area contributed by atoms with Crippen molar-refractivity contribution in [2.24, 2.45) is 12.0 Å². The Bertz CT molecular complexity index is 1040. The molecule has 128 valence electrons. The number of carbonyl (C=O) groups is 1. The van der Waals surface area contributed by atoms with E-state index < -0.39 is 33.1 Å². The predicted molar refractivity (Wildman–Crippen MR) is 81.4 cm³/mol. The summed E-state index contributed by atoms with van der Waals surface area (Å²) < 4.78 is 44.4. The largest absolute Gasteiger partial charge is 0.451 e. The Balaban J connectivity index is 2.77. The van der Waals surface area contributed by atoms with Gasteiger partial charge in [-0.3, -0.25) is 4.57 Å². The van der Waals surface area contributed by atoms with Gasteiger partial charge in [0.1, 0.15) is 0 Å². The molecule has 1 aromatic heterocycles. The van der Waals surface area contributed by atoms with Crippen molar-refractivity contribution in [1.29, 1.82) is 0 Å². The van der Waals surface area contributed by atoms with Crippen molar-refractivity contribution in [3.8, 4) is 0 Å². The molecule has 0 bridgehead atoms. The highest BCUT2D eigenvalue weighted by Crippen LogP contribution is 2.13. The van der Waals surface area contributed by atoms with E-state index in [-0.39, 0.29) is 8.87 Å². The van der Waals surface area contributed by atoms with Crippen LogP contribution in [0.5, 0.6) is 0 Å². The molecule has 0 aliphatic carbocycles. The molecular formula is C14H14FN3O5S. The number of nitrogens with zero attached hydrogens (tertiary/aromatic N) is 3. The second-order valence-electron chi connectivity index (χ2n) is 4.84. The van der Waals surface area contributed by atoms with Crippen molar-refractivity contribution in [3.05, 3.63) is 57.8 Å². The van der Waals surface area contributed by atoms with Gasteiger partial charge < -0.3 is 4.74 Å². The molecule has 2 rings (SSSR count). The van der Waals surface area contributed by atoms with Crippen molar-refractivity contribution in [1.82, 2.24) is 8.54 Å². The number of hydrogen-bond donors (Lipinski definition) is 0. The van der Waals surface area contributed by atoms with Crippen LogP contribution in [0.3, 0.4) is 0 Å². The van der Waals surface area contributed by atoms with Crippen LogP contribution in [-0.2, 0) is 21.8 Å². The number of carbonyl (C=O) groups excluding carboxylic acids is 1. The lowest BCUT2D eigenvalue weighted by Crippen LogP contribution is -2.42. The number of amides is 1. The lowest BCUT2D eigenvalue weighted by atomic mass is 10.2. The number of benzene rings is 1. The molecule has 0 unspecified atom stereocenters. The molecule has 2 aromatic rings. The summed E-state index contributed by atoms with van der Waals surface area (Å²) in [6.45, 7) is 1.68. The van der Waals surface area contributed by atoms with E-state index in [0.717, 1.165) is 14.2 Å². The molecule has 0 aliphatic rings. The maximum absolute atomic E-state index is 14.2. The molecular weight excluding hydrogens is 341 g/mol.